The molecule has 0 aliphatic carbocycles. The number of nitrogens with two attached hydrogens (primary N) is 1. The second-order valence-corrected chi connectivity index (χ2v) is 3.59. The molecule has 1 aromatic carbocycles. The van der Waals surface area contributed by atoms with Crippen molar-refractivity contribution in [3.8, 4) is 5.75 Å². The highest BCUT2D eigenvalue weighted by atomic mass is 19.1. The topological polar surface area (TPSA) is 66.5 Å². The van der Waals surface area contributed by atoms with Gasteiger partial charge in [-0.3, -0.25) is 0 Å². The van der Waals surface area contributed by atoms with E-state index in [-0.39, 0.29) is 11.3 Å². The SMILES string of the molecule is CCC[C@H](O)[C@H](N)c1ccc(O)cc1F. The minimum absolute atomic E-state index is 0.145. The fraction of sp³-hybridized carbons (Fsp3) is 0.455. The highest BCUT2D eigenvalue weighted by Crippen LogP contribution is 2.23. The largest absolute Gasteiger partial charge is 0.508 e. The van der Waals surface area contributed by atoms with E-state index in [1.165, 1.54) is 12.1 Å². The lowest BCUT2D eigenvalue weighted by molar-refractivity contribution is 0.133. The molecule has 0 spiro atoms. The number of benzene rings is 1. The lowest BCUT2D eigenvalue weighted by Gasteiger charge is -2.19. The van der Waals surface area contributed by atoms with Crippen molar-refractivity contribution in [2.24, 2.45) is 5.73 Å². The van der Waals surface area contributed by atoms with Crippen molar-refractivity contribution in [1.82, 2.24) is 0 Å². The first-order valence-electron chi connectivity index (χ1n) is 4.98. The van der Waals surface area contributed by atoms with Crippen LogP contribution >= 0.6 is 0 Å². The summed E-state index contributed by atoms with van der Waals surface area (Å²) >= 11 is 0. The van der Waals surface area contributed by atoms with Crippen molar-refractivity contribution in [2.45, 2.75) is 31.9 Å². The lowest BCUT2D eigenvalue weighted by Crippen LogP contribution is -2.26. The molecule has 4 N–H and O–H groups in total. The Bertz CT molecular complexity index is 330. The zero-order chi connectivity index (χ0) is 11.4. The Morgan fingerprint density at radius 1 is 1.47 bits per heavy atom. The molecule has 0 aliphatic rings. The van der Waals surface area contributed by atoms with Gasteiger partial charge in [0.2, 0.25) is 0 Å². The van der Waals surface area contributed by atoms with Crippen LogP contribution in [0.15, 0.2) is 18.2 Å². The number of phenolic OH excluding ortho intramolecular Hbond substituents is 1. The predicted octanol–water partition coefficient (Wildman–Crippen LogP) is 1.69. The van der Waals surface area contributed by atoms with E-state index in [4.69, 9.17) is 10.8 Å². The normalized spacial score (nSPS) is 14.9. The van der Waals surface area contributed by atoms with Gasteiger partial charge in [0.05, 0.1) is 12.1 Å². The van der Waals surface area contributed by atoms with E-state index >= 15 is 0 Å². The van der Waals surface area contributed by atoms with Crippen LogP contribution in [0.5, 0.6) is 5.75 Å². The van der Waals surface area contributed by atoms with Crippen LogP contribution in [0, 0.1) is 5.82 Å². The molecule has 3 nitrogen and oxygen atoms in total. The van der Waals surface area contributed by atoms with Crippen molar-refractivity contribution in [1.29, 1.82) is 0 Å². The van der Waals surface area contributed by atoms with Crippen LogP contribution in [0.25, 0.3) is 0 Å². The zero-order valence-corrected chi connectivity index (χ0v) is 8.65. The van der Waals surface area contributed by atoms with Crippen LogP contribution in [0.4, 0.5) is 4.39 Å². The number of hydrogen-bond donors (Lipinski definition) is 3. The Labute approximate surface area is 88.4 Å². The van der Waals surface area contributed by atoms with E-state index in [1.807, 2.05) is 6.92 Å². The molecule has 0 saturated carbocycles. The second kappa shape index (κ2) is 5.09. The first-order chi connectivity index (χ1) is 7.06. The molecular weight excluding hydrogens is 197 g/mol. The molecule has 0 heterocycles. The Morgan fingerprint density at radius 3 is 2.67 bits per heavy atom. The molecule has 1 rings (SSSR count). The molecule has 2 atom stereocenters. The van der Waals surface area contributed by atoms with Crippen molar-refractivity contribution in [2.75, 3.05) is 0 Å². The fourth-order valence-electron chi connectivity index (χ4n) is 1.47. The van der Waals surface area contributed by atoms with Crippen LogP contribution in [0.1, 0.15) is 31.4 Å². The van der Waals surface area contributed by atoms with Gasteiger partial charge in [0.15, 0.2) is 0 Å². The number of halogens is 1. The summed E-state index contributed by atoms with van der Waals surface area (Å²) in [5.74, 6) is -0.730. The lowest BCUT2D eigenvalue weighted by atomic mass is 9.98. The molecule has 0 amide bonds. The maximum Gasteiger partial charge on any atom is 0.131 e. The summed E-state index contributed by atoms with van der Waals surface area (Å²) in [6.07, 6.45) is 0.560. The summed E-state index contributed by atoms with van der Waals surface area (Å²) in [5.41, 5.74) is 5.93. The van der Waals surface area contributed by atoms with Gasteiger partial charge < -0.3 is 15.9 Å². The molecule has 0 fully saturated rings. The Kier molecular flexibility index (Phi) is 4.05. The highest BCUT2D eigenvalue weighted by Gasteiger charge is 2.19. The van der Waals surface area contributed by atoms with Gasteiger partial charge in [0.25, 0.3) is 0 Å². The first kappa shape index (κ1) is 11.9. The number of hydrogen-bond acceptors (Lipinski definition) is 3. The van der Waals surface area contributed by atoms with Gasteiger partial charge in [-0.15, -0.1) is 0 Å². The molecule has 84 valence electrons. The summed E-state index contributed by atoms with van der Waals surface area (Å²) in [4.78, 5) is 0. The molecule has 0 bridgehead atoms. The van der Waals surface area contributed by atoms with Crippen molar-refractivity contribution >= 4 is 0 Å². The smallest absolute Gasteiger partial charge is 0.131 e. The number of phenols is 1. The predicted molar refractivity (Wildman–Crippen MR) is 55.9 cm³/mol. The summed E-state index contributed by atoms with van der Waals surface area (Å²) < 4.78 is 13.4. The van der Waals surface area contributed by atoms with E-state index in [0.717, 1.165) is 12.5 Å². The van der Waals surface area contributed by atoms with Crippen LogP contribution in [-0.2, 0) is 0 Å². The maximum absolute atomic E-state index is 13.4. The molecule has 0 saturated heterocycles. The van der Waals surface area contributed by atoms with Crippen molar-refractivity contribution < 1.29 is 14.6 Å². The summed E-state index contributed by atoms with van der Waals surface area (Å²) in [5, 5.41) is 18.6. The van der Waals surface area contributed by atoms with Gasteiger partial charge in [-0.25, -0.2) is 4.39 Å². The van der Waals surface area contributed by atoms with Gasteiger partial charge in [-0.1, -0.05) is 19.4 Å². The Hall–Kier alpha value is -1.13. The molecule has 0 radical (unpaired) electrons. The summed E-state index contributed by atoms with van der Waals surface area (Å²) in [7, 11) is 0. The van der Waals surface area contributed by atoms with Crippen molar-refractivity contribution in [3.05, 3.63) is 29.6 Å². The van der Waals surface area contributed by atoms with Gasteiger partial charge in [0, 0.05) is 11.6 Å². The molecule has 0 aliphatic heterocycles. The van der Waals surface area contributed by atoms with Gasteiger partial charge in [-0.05, 0) is 12.5 Å². The average Bonchev–Trinajstić information content (AvgIpc) is 2.17. The van der Waals surface area contributed by atoms with Gasteiger partial charge in [-0.2, -0.15) is 0 Å². The number of aromatic hydroxyl groups is 1. The van der Waals surface area contributed by atoms with Crippen molar-refractivity contribution in [3.63, 3.8) is 0 Å². The van der Waals surface area contributed by atoms with E-state index in [9.17, 15) is 9.50 Å². The van der Waals surface area contributed by atoms with Gasteiger partial charge >= 0.3 is 0 Å². The Morgan fingerprint density at radius 2 is 2.13 bits per heavy atom. The number of aliphatic hydroxyl groups excluding tert-OH is 1. The third-order valence-corrected chi connectivity index (χ3v) is 2.34. The highest BCUT2D eigenvalue weighted by molar-refractivity contribution is 5.30. The maximum atomic E-state index is 13.4. The molecule has 15 heavy (non-hydrogen) atoms. The average molecular weight is 213 g/mol. The molecule has 1 aromatic rings. The molecular formula is C11H16FNO2. The van der Waals surface area contributed by atoms with Crippen LogP contribution < -0.4 is 5.73 Å². The zero-order valence-electron chi connectivity index (χ0n) is 8.65. The van der Waals surface area contributed by atoms with E-state index in [1.54, 1.807) is 0 Å². The van der Waals surface area contributed by atoms with E-state index in [0.29, 0.717) is 6.42 Å². The minimum Gasteiger partial charge on any atom is -0.508 e. The van der Waals surface area contributed by atoms with Crippen LogP contribution in [0.3, 0.4) is 0 Å². The second-order valence-electron chi connectivity index (χ2n) is 3.59. The van der Waals surface area contributed by atoms with Crippen LogP contribution in [0.2, 0.25) is 0 Å². The molecule has 4 heteroatoms. The fourth-order valence-corrected chi connectivity index (χ4v) is 1.47. The third kappa shape index (κ3) is 2.91. The van der Waals surface area contributed by atoms with Crippen LogP contribution in [-0.4, -0.2) is 16.3 Å². The summed E-state index contributed by atoms with van der Waals surface area (Å²) in [6, 6.07) is 3.00. The molecule has 0 unspecified atom stereocenters. The molecule has 0 aromatic heterocycles. The van der Waals surface area contributed by atoms with E-state index in [2.05, 4.69) is 0 Å². The standard InChI is InChI=1S/C11H16FNO2/c1-2-3-10(15)11(13)8-5-4-7(14)6-9(8)12/h4-6,10-11,14-15H,2-3,13H2,1H3/t10-,11+/m0/s1. The van der Waals surface area contributed by atoms with E-state index < -0.39 is 18.0 Å². The quantitative estimate of drug-likeness (QED) is 0.713. The first-order valence-corrected chi connectivity index (χ1v) is 4.98. The Balaban J connectivity index is 2.86. The number of aliphatic hydroxyl groups is 1. The number of rotatable bonds is 4. The minimum atomic E-state index is -0.756. The summed E-state index contributed by atoms with van der Waals surface area (Å²) in [6.45, 7) is 1.92. The monoisotopic (exact) mass is 213 g/mol. The third-order valence-electron chi connectivity index (χ3n) is 2.34. The van der Waals surface area contributed by atoms with Gasteiger partial charge in [0.1, 0.15) is 11.6 Å².